The van der Waals surface area contributed by atoms with Crippen LogP contribution in [-0.2, 0) is 11.2 Å². The third kappa shape index (κ3) is 2.81. The number of benzene rings is 6. The molecule has 0 heterocycles. The monoisotopic (exact) mass is 540 g/mol. The van der Waals surface area contributed by atoms with Crippen LogP contribution in [0.4, 0.5) is 0 Å². The van der Waals surface area contributed by atoms with Crippen LogP contribution >= 0.6 is 0 Å². The van der Waals surface area contributed by atoms with Crippen LogP contribution in [-0.4, -0.2) is 10.2 Å². The fourth-order valence-electron chi connectivity index (χ4n) is 8.33. The lowest BCUT2D eigenvalue weighted by Gasteiger charge is -2.37. The van der Waals surface area contributed by atoms with Crippen LogP contribution in [0.3, 0.4) is 0 Å². The van der Waals surface area contributed by atoms with Crippen LogP contribution in [0.15, 0.2) is 146 Å². The van der Waals surface area contributed by atoms with Gasteiger partial charge in [-0.1, -0.05) is 146 Å². The van der Waals surface area contributed by atoms with Gasteiger partial charge in [-0.05, 0) is 43.8 Å². The maximum Gasteiger partial charge on any atom is 0.142 e. The Labute approximate surface area is 244 Å². The molecule has 2 heteroatoms. The first-order valence-electron chi connectivity index (χ1n) is 14.7. The molecule has 2 nitrogen and oxygen atoms in total. The first kappa shape index (κ1) is 23.9. The lowest BCUT2D eigenvalue weighted by molar-refractivity contribution is 0.0480. The summed E-state index contributed by atoms with van der Waals surface area (Å²) in [6, 6.07) is 41.4. The van der Waals surface area contributed by atoms with E-state index in [1.165, 1.54) is 5.56 Å². The van der Waals surface area contributed by atoms with Crippen molar-refractivity contribution in [2.75, 3.05) is 0 Å². The SMILES string of the molecule is OC1(c2c3ccccc3c(C3(O)c4ccccc4C4C=CC=CC43)c3ccccc23)c2ccccc2-c2ccccc21. The second kappa shape index (κ2) is 8.39. The first-order valence-corrected chi connectivity index (χ1v) is 14.7. The van der Waals surface area contributed by atoms with Gasteiger partial charge in [-0.15, -0.1) is 0 Å². The number of fused-ring (bicyclic) bond motifs is 8. The molecular formula is C40H28O2. The molecule has 0 radical (unpaired) electrons. The Hall–Kier alpha value is -4.76. The summed E-state index contributed by atoms with van der Waals surface area (Å²) in [5.74, 6) is -0.0558. The van der Waals surface area contributed by atoms with Gasteiger partial charge in [0.25, 0.3) is 0 Å². The van der Waals surface area contributed by atoms with Gasteiger partial charge in [0.1, 0.15) is 11.2 Å². The molecule has 2 N–H and O–H groups in total. The number of hydrogen-bond acceptors (Lipinski definition) is 2. The van der Waals surface area contributed by atoms with E-state index in [0.29, 0.717) is 0 Å². The average molecular weight is 541 g/mol. The van der Waals surface area contributed by atoms with Crippen LogP contribution in [0, 0.1) is 5.92 Å². The van der Waals surface area contributed by atoms with E-state index in [2.05, 4.69) is 91.0 Å². The van der Waals surface area contributed by atoms with Gasteiger partial charge in [0.15, 0.2) is 0 Å². The Kier molecular flexibility index (Phi) is 4.77. The Morgan fingerprint density at radius 2 is 0.905 bits per heavy atom. The summed E-state index contributed by atoms with van der Waals surface area (Å²) < 4.78 is 0. The van der Waals surface area contributed by atoms with E-state index in [9.17, 15) is 10.2 Å². The molecule has 0 aromatic heterocycles. The summed E-state index contributed by atoms with van der Waals surface area (Å²) in [6.07, 6.45) is 8.54. The molecule has 9 rings (SSSR count). The van der Waals surface area contributed by atoms with E-state index in [0.717, 1.165) is 60.5 Å². The number of allylic oxidation sites excluding steroid dienone is 3. The van der Waals surface area contributed by atoms with E-state index in [-0.39, 0.29) is 11.8 Å². The van der Waals surface area contributed by atoms with E-state index < -0.39 is 11.2 Å². The van der Waals surface area contributed by atoms with Crippen LogP contribution in [0.5, 0.6) is 0 Å². The molecule has 6 aromatic carbocycles. The summed E-state index contributed by atoms with van der Waals surface area (Å²) in [5.41, 5.74) is 5.15. The lowest BCUT2D eigenvalue weighted by atomic mass is 9.71. The molecular weight excluding hydrogens is 512 g/mol. The molecule has 0 spiro atoms. The van der Waals surface area contributed by atoms with Crippen molar-refractivity contribution in [3.8, 4) is 11.1 Å². The Morgan fingerprint density at radius 3 is 1.50 bits per heavy atom. The highest BCUT2D eigenvalue weighted by Gasteiger charge is 2.53. The van der Waals surface area contributed by atoms with Gasteiger partial charge in [0.2, 0.25) is 0 Å². The maximum atomic E-state index is 13.2. The summed E-state index contributed by atoms with van der Waals surface area (Å²) in [7, 11) is 0. The second-order valence-corrected chi connectivity index (χ2v) is 11.8. The van der Waals surface area contributed by atoms with Crippen molar-refractivity contribution in [1.82, 2.24) is 0 Å². The molecule has 0 amide bonds. The molecule has 0 aliphatic heterocycles. The zero-order valence-electron chi connectivity index (χ0n) is 22.9. The van der Waals surface area contributed by atoms with Crippen LogP contribution in [0.1, 0.15) is 39.3 Å². The molecule has 0 fully saturated rings. The Morgan fingerprint density at radius 1 is 0.452 bits per heavy atom. The van der Waals surface area contributed by atoms with Crippen molar-refractivity contribution in [2.45, 2.75) is 17.1 Å². The molecule has 3 atom stereocenters. The molecule has 42 heavy (non-hydrogen) atoms. The second-order valence-electron chi connectivity index (χ2n) is 11.8. The van der Waals surface area contributed by atoms with E-state index in [1.54, 1.807) is 0 Å². The molecule has 0 saturated heterocycles. The molecule has 3 aliphatic carbocycles. The van der Waals surface area contributed by atoms with Crippen molar-refractivity contribution in [2.24, 2.45) is 5.92 Å². The van der Waals surface area contributed by atoms with Gasteiger partial charge >= 0.3 is 0 Å². The first-order chi connectivity index (χ1) is 20.6. The summed E-state index contributed by atoms with van der Waals surface area (Å²) >= 11 is 0. The van der Waals surface area contributed by atoms with Gasteiger partial charge in [0, 0.05) is 34.1 Å². The van der Waals surface area contributed by atoms with Gasteiger partial charge < -0.3 is 10.2 Å². The van der Waals surface area contributed by atoms with Gasteiger partial charge in [0.05, 0.1) is 0 Å². The maximum absolute atomic E-state index is 13.2. The third-order valence-electron chi connectivity index (χ3n) is 9.95. The van der Waals surface area contributed by atoms with E-state index in [1.807, 2.05) is 54.6 Å². The minimum absolute atomic E-state index is 0.0890. The third-order valence-corrected chi connectivity index (χ3v) is 9.95. The Balaban J connectivity index is 1.45. The minimum Gasteiger partial charge on any atom is -0.380 e. The highest BCUT2D eigenvalue weighted by Crippen LogP contribution is 2.59. The quantitative estimate of drug-likeness (QED) is 0.217. The number of rotatable bonds is 2. The summed E-state index contributed by atoms with van der Waals surface area (Å²) in [6.45, 7) is 0. The highest BCUT2D eigenvalue weighted by molar-refractivity contribution is 6.09. The molecule has 6 aromatic rings. The Bertz CT molecular complexity index is 2050. The van der Waals surface area contributed by atoms with Crippen LogP contribution in [0.2, 0.25) is 0 Å². The number of hydrogen-bond donors (Lipinski definition) is 2. The molecule has 0 bridgehead atoms. The highest BCUT2D eigenvalue weighted by atomic mass is 16.3. The molecule has 3 aliphatic rings. The molecule has 200 valence electrons. The van der Waals surface area contributed by atoms with Gasteiger partial charge in [-0.3, -0.25) is 0 Å². The summed E-state index contributed by atoms with van der Waals surface area (Å²) in [5, 5.41) is 30.2. The smallest absolute Gasteiger partial charge is 0.142 e. The average Bonchev–Trinajstić information content (AvgIpc) is 3.47. The van der Waals surface area contributed by atoms with Crippen LogP contribution in [0.25, 0.3) is 32.7 Å². The number of aliphatic hydroxyl groups is 2. The minimum atomic E-state index is -1.36. The van der Waals surface area contributed by atoms with E-state index >= 15 is 0 Å². The zero-order chi connectivity index (χ0) is 28.1. The topological polar surface area (TPSA) is 40.5 Å². The zero-order valence-corrected chi connectivity index (χ0v) is 22.9. The van der Waals surface area contributed by atoms with Crippen molar-refractivity contribution in [3.63, 3.8) is 0 Å². The van der Waals surface area contributed by atoms with Gasteiger partial charge in [-0.2, -0.15) is 0 Å². The standard InChI is InChI=1S/C40H28O2/c41-39(33-21-9-5-13-25(33)26-14-6-10-22-34(26)39)37-29-17-1-2-18-30(29)38(32-20-4-3-19-31(32)37)40(42)35-23-11-7-15-27(35)28-16-8-12-24-36(28)40/h1-25,33,41-42H. The lowest BCUT2D eigenvalue weighted by Crippen LogP contribution is -2.34. The molecule has 3 unspecified atom stereocenters. The van der Waals surface area contributed by atoms with Crippen molar-refractivity contribution in [1.29, 1.82) is 0 Å². The normalized spacial score (nSPS) is 22.6. The summed E-state index contributed by atoms with van der Waals surface area (Å²) in [4.78, 5) is 0. The van der Waals surface area contributed by atoms with Crippen molar-refractivity contribution in [3.05, 3.63) is 179 Å². The predicted octanol–water partition coefficient (Wildman–Crippen LogP) is 8.33. The fraction of sp³-hybridized carbons (Fsp3) is 0.100. The largest absolute Gasteiger partial charge is 0.380 e. The van der Waals surface area contributed by atoms with Crippen LogP contribution < -0.4 is 0 Å². The predicted molar refractivity (Wildman–Crippen MR) is 169 cm³/mol. The van der Waals surface area contributed by atoms with Crippen molar-refractivity contribution >= 4 is 21.5 Å². The van der Waals surface area contributed by atoms with E-state index in [4.69, 9.17) is 0 Å². The van der Waals surface area contributed by atoms with Gasteiger partial charge in [-0.25, -0.2) is 0 Å². The van der Waals surface area contributed by atoms with Crippen molar-refractivity contribution < 1.29 is 10.2 Å². The fourth-order valence-corrected chi connectivity index (χ4v) is 8.33. The molecule has 0 saturated carbocycles.